The van der Waals surface area contributed by atoms with Gasteiger partial charge in [-0.15, -0.1) is 0 Å². The minimum atomic E-state index is -0.456. The Kier molecular flexibility index (Phi) is 3.87. The van der Waals surface area contributed by atoms with Gasteiger partial charge in [-0.25, -0.2) is 9.78 Å². The fourth-order valence-corrected chi connectivity index (χ4v) is 3.45. The molecule has 8 heteroatoms. The Morgan fingerprint density at radius 2 is 2.04 bits per heavy atom. The van der Waals surface area contributed by atoms with Gasteiger partial charge in [-0.3, -0.25) is 9.89 Å². The molecule has 0 aliphatic carbocycles. The summed E-state index contributed by atoms with van der Waals surface area (Å²) in [6.07, 6.45) is 3.35. The molecule has 0 radical (unpaired) electrons. The summed E-state index contributed by atoms with van der Waals surface area (Å²) in [4.78, 5) is 30.1. The average Bonchev–Trinajstić information content (AvgIpc) is 3.23. The molecule has 1 aromatic heterocycles. The lowest BCUT2D eigenvalue weighted by Crippen LogP contribution is -2.36. The molecular weight excluding hydrogens is 322 g/mol. The van der Waals surface area contributed by atoms with Crippen molar-refractivity contribution in [2.75, 3.05) is 19.6 Å². The lowest BCUT2D eigenvalue weighted by molar-refractivity contribution is 0.0438. The Balaban J connectivity index is 1.45. The zero-order valence-electron chi connectivity index (χ0n) is 13.7. The largest absolute Gasteiger partial charge is 0.441 e. The van der Waals surface area contributed by atoms with Crippen LogP contribution in [0.1, 0.15) is 29.6 Å². The molecule has 0 saturated carbocycles. The number of hydrogen-bond acceptors (Lipinski definition) is 5. The van der Waals surface area contributed by atoms with Gasteiger partial charge in [0, 0.05) is 30.6 Å². The van der Waals surface area contributed by atoms with E-state index in [-0.39, 0.29) is 12.0 Å². The second kappa shape index (κ2) is 6.19. The number of alkyl carbamates (subject to hydrolysis) is 1. The highest BCUT2D eigenvalue weighted by Gasteiger charge is 2.41. The Morgan fingerprint density at radius 3 is 2.72 bits per heavy atom. The molecule has 3 heterocycles. The fraction of sp³-hybridized carbons (Fsp3) is 0.412. The molecule has 130 valence electrons. The van der Waals surface area contributed by atoms with Crippen molar-refractivity contribution < 1.29 is 14.3 Å². The smallest absolute Gasteiger partial charge is 0.407 e. The molecule has 4 rings (SSSR count). The number of hydrogen-bond donors (Lipinski definition) is 2. The lowest BCUT2D eigenvalue weighted by Gasteiger charge is -2.25. The van der Waals surface area contributed by atoms with Crippen LogP contribution in [-0.2, 0) is 4.74 Å². The van der Waals surface area contributed by atoms with Gasteiger partial charge in [0.15, 0.2) is 5.82 Å². The van der Waals surface area contributed by atoms with E-state index in [1.807, 2.05) is 17.0 Å². The maximum Gasteiger partial charge on any atom is 0.407 e. The second-order valence-corrected chi connectivity index (χ2v) is 6.48. The van der Waals surface area contributed by atoms with Crippen molar-refractivity contribution in [2.24, 2.45) is 0 Å². The van der Waals surface area contributed by atoms with E-state index in [1.165, 1.54) is 6.33 Å². The van der Waals surface area contributed by atoms with Crippen molar-refractivity contribution in [3.8, 4) is 11.4 Å². The number of H-pyrrole nitrogens is 1. The van der Waals surface area contributed by atoms with Gasteiger partial charge in [0.1, 0.15) is 11.9 Å². The predicted octanol–water partition coefficient (Wildman–Crippen LogP) is 1.58. The zero-order valence-corrected chi connectivity index (χ0v) is 13.7. The van der Waals surface area contributed by atoms with E-state index in [0.717, 1.165) is 18.4 Å². The zero-order chi connectivity index (χ0) is 17.3. The normalized spacial score (nSPS) is 23.2. The molecule has 1 unspecified atom stereocenters. The van der Waals surface area contributed by atoms with Crippen molar-refractivity contribution >= 4 is 12.0 Å². The van der Waals surface area contributed by atoms with Crippen molar-refractivity contribution in [2.45, 2.75) is 24.9 Å². The van der Waals surface area contributed by atoms with E-state index in [0.29, 0.717) is 37.4 Å². The van der Waals surface area contributed by atoms with Gasteiger partial charge in [-0.05, 0) is 25.0 Å². The van der Waals surface area contributed by atoms with E-state index in [2.05, 4.69) is 20.5 Å². The molecule has 1 aromatic carbocycles. The van der Waals surface area contributed by atoms with Crippen LogP contribution < -0.4 is 5.32 Å². The second-order valence-electron chi connectivity index (χ2n) is 6.48. The van der Waals surface area contributed by atoms with Crippen molar-refractivity contribution in [3.05, 3.63) is 36.2 Å². The summed E-state index contributed by atoms with van der Waals surface area (Å²) in [7, 11) is 0. The summed E-state index contributed by atoms with van der Waals surface area (Å²) in [5, 5.41) is 9.35. The van der Waals surface area contributed by atoms with E-state index in [9.17, 15) is 9.59 Å². The Hall–Kier alpha value is -2.90. The van der Waals surface area contributed by atoms with Gasteiger partial charge in [-0.2, -0.15) is 5.10 Å². The Morgan fingerprint density at radius 1 is 1.20 bits per heavy atom. The number of ether oxygens (including phenoxy) is 1. The van der Waals surface area contributed by atoms with Crippen LogP contribution in [0, 0.1) is 0 Å². The fourth-order valence-electron chi connectivity index (χ4n) is 3.45. The maximum atomic E-state index is 12.8. The molecular formula is C17H19N5O3. The molecule has 8 nitrogen and oxygen atoms in total. The van der Waals surface area contributed by atoms with Gasteiger partial charge in [-0.1, -0.05) is 12.1 Å². The lowest BCUT2D eigenvalue weighted by atomic mass is 9.95. The van der Waals surface area contributed by atoms with Crippen molar-refractivity contribution in [1.29, 1.82) is 0 Å². The third kappa shape index (κ3) is 3.07. The predicted molar refractivity (Wildman–Crippen MR) is 88.8 cm³/mol. The topological polar surface area (TPSA) is 100 Å². The van der Waals surface area contributed by atoms with Gasteiger partial charge in [0.05, 0.1) is 6.54 Å². The summed E-state index contributed by atoms with van der Waals surface area (Å²) < 4.78 is 5.46. The molecule has 2 aliphatic heterocycles. The van der Waals surface area contributed by atoms with Crippen LogP contribution in [0.15, 0.2) is 30.6 Å². The molecule has 2 amide bonds. The van der Waals surface area contributed by atoms with E-state index < -0.39 is 5.60 Å². The number of nitrogens with one attached hydrogen (secondary N) is 2. The summed E-state index contributed by atoms with van der Waals surface area (Å²) in [6.45, 7) is 1.78. The van der Waals surface area contributed by atoms with Crippen LogP contribution in [-0.4, -0.2) is 57.3 Å². The third-order valence-electron chi connectivity index (χ3n) is 4.87. The molecule has 2 aliphatic rings. The van der Waals surface area contributed by atoms with Gasteiger partial charge >= 0.3 is 6.09 Å². The molecule has 0 bridgehead atoms. The third-order valence-corrected chi connectivity index (χ3v) is 4.87. The number of carbonyl (C=O) groups is 2. The van der Waals surface area contributed by atoms with E-state index in [4.69, 9.17) is 4.74 Å². The average molecular weight is 341 g/mol. The number of amides is 2. The van der Waals surface area contributed by atoms with Gasteiger partial charge in [0.25, 0.3) is 5.91 Å². The van der Waals surface area contributed by atoms with E-state index >= 15 is 0 Å². The molecule has 2 aromatic rings. The van der Waals surface area contributed by atoms with Crippen LogP contribution in [0.25, 0.3) is 11.4 Å². The van der Waals surface area contributed by atoms with Crippen LogP contribution >= 0.6 is 0 Å². The standard InChI is InChI=1S/C17H19N5O3/c23-15(13-4-2-12(3-5-13)14-19-11-20-21-14)22-8-1-6-17(7-9-22)10-18-16(24)25-17/h2-5,11H,1,6-10H2,(H,18,24)(H,19,20,21). The maximum absolute atomic E-state index is 12.8. The van der Waals surface area contributed by atoms with Crippen molar-refractivity contribution in [3.63, 3.8) is 0 Å². The molecule has 1 spiro atoms. The number of carbonyl (C=O) groups excluding carboxylic acids is 2. The van der Waals surface area contributed by atoms with Crippen LogP contribution in [0.5, 0.6) is 0 Å². The molecule has 1 atom stereocenters. The number of aromatic amines is 1. The molecule has 2 fully saturated rings. The van der Waals surface area contributed by atoms with E-state index in [1.54, 1.807) is 12.1 Å². The number of benzene rings is 1. The summed E-state index contributed by atoms with van der Waals surface area (Å²) in [5.74, 6) is 0.671. The summed E-state index contributed by atoms with van der Waals surface area (Å²) in [5.41, 5.74) is 1.07. The van der Waals surface area contributed by atoms with Gasteiger partial charge < -0.3 is 15.0 Å². The van der Waals surface area contributed by atoms with Crippen LogP contribution in [0.4, 0.5) is 4.79 Å². The quantitative estimate of drug-likeness (QED) is 0.864. The number of likely N-dealkylation sites (tertiary alicyclic amines) is 1. The summed E-state index contributed by atoms with van der Waals surface area (Å²) >= 11 is 0. The minimum absolute atomic E-state index is 0.00143. The number of rotatable bonds is 2. The first-order chi connectivity index (χ1) is 12.2. The number of aromatic nitrogens is 3. The Bertz CT molecular complexity index is 774. The highest BCUT2D eigenvalue weighted by Crippen LogP contribution is 2.29. The minimum Gasteiger partial charge on any atom is -0.441 e. The Labute approximate surface area is 144 Å². The SMILES string of the molecule is O=C1NCC2(CCCN(C(=O)c3ccc(-c4ncn[nH]4)cc3)CC2)O1. The molecule has 2 N–H and O–H groups in total. The monoisotopic (exact) mass is 341 g/mol. The summed E-state index contributed by atoms with van der Waals surface area (Å²) in [6, 6.07) is 7.32. The van der Waals surface area contributed by atoms with Gasteiger partial charge in [0.2, 0.25) is 0 Å². The molecule has 2 saturated heterocycles. The number of nitrogens with zero attached hydrogens (tertiary/aromatic N) is 3. The highest BCUT2D eigenvalue weighted by atomic mass is 16.6. The highest BCUT2D eigenvalue weighted by molar-refractivity contribution is 5.94. The van der Waals surface area contributed by atoms with Crippen molar-refractivity contribution in [1.82, 2.24) is 25.4 Å². The van der Waals surface area contributed by atoms with Crippen LogP contribution in [0.2, 0.25) is 0 Å². The first kappa shape index (κ1) is 15.6. The first-order valence-corrected chi connectivity index (χ1v) is 8.37. The molecule has 25 heavy (non-hydrogen) atoms. The van der Waals surface area contributed by atoms with Crippen LogP contribution in [0.3, 0.4) is 0 Å². The first-order valence-electron chi connectivity index (χ1n) is 8.37.